The van der Waals surface area contributed by atoms with Crippen LogP contribution in [0.25, 0.3) is 6.08 Å². The maximum Gasteiger partial charge on any atom is 0.283 e. The maximum absolute atomic E-state index is 12.7. The first-order chi connectivity index (χ1) is 17.6. The summed E-state index contributed by atoms with van der Waals surface area (Å²) in [5, 5.41) is 15.6. The SMILES string of the molecule is COc1cc(/C=C2/C(=N)N3N=C(C(C)C)SC3=NC2=O)ccc1OCCOc1ccc(C(C)(C)C)cc1. The van der Waals surface area contributed by atoms with Gasteiger partial charge in [0.15, 0.2) is 17.3 Å². The second kappa shape index (κ2) is 10.8. The first-order valence-corrected chi connectivity index (χ1v) is 12.9. The van der Waals surface area contributed by atoms with E-state index in [4.69, 9.17) is 19.6 Å². The molecule has 0 spiro atoms. The molecule has 0 aliphatic carbocycles. The summed E-state index contributed by atoms with van der Waals surface area (Å²) in [4.78, 5) is 16.8. The molecule has 0 radical (unpaired) electrons. The number of fused-ring (bicyclic) bond motifs is 1. The van der Waals surface area contributed by atoms with Crippen LogP contribution in [0.4, 0.5) is 0 Å². The lowest BCUT2D eigenvalue weighted by atomic mass is 9.87. The Labute approximate surface area is 221 Å². The van der Waals surface area contributed by atoms with E-state index < -0.39 is 5.91 Å². The van der Waals surface area contributed by atoms with Crippen molar-refractivity contribution in [2.24, 2.45) is 16.0 Å². The number of ether oxygens (including phenoxy) is 3. The van der Waals surface area contributed by atoms with Gasteiger partial charge < -0.3 is 14.2 Å². The molecule has 0 unspecified atom stereocenters. The summed E-state index contributed by atoms with van der Waals surface area (Å²) in [5.41, 5.74) is 2.20. The van der Waals surface area contributed by atoms with Gasteiger partial charge in [-0.1, -0.05) is 52.8 Å². The van der Waals surface area contributed by atoms with Crippen LogP contribution in [0.2, 0.25) is 0 Å². The number of methoxy groups -OCH3 is 1. The zero-order valence-corrected chi connectivity index (χ0v) is 22.8. The number of amidine groups is 2. The molecule has 2 aliphatic heterocycles. The molecular formula is C28H32N4O4S. The summed E-state index contributed by atoms with van der Waals surface area (Å²) >= 11 is 1.33. The molecule has 8 nitrogen and oxygen atoms in total. The van der Waals surface area contributed by atoms with Crippen molar-refractivity contribution in [2.75, 3.05) is 20.3 Å². The number of carbonyl (C=O) groups is 1. The minimum atomic E-state index is -0.462. The Kier molecular flexibility index (Phi) is 7.73. The molecule has 0 bridgehead atoms. The number of aliphatic imine (C=N–C) groups is 1. The second-order valence-electron chi connectivity index (χ2n) is 9.99. The van der Waals surface area contributed by atoms with Crippen LogP contribution in [0.3, 0.4) is 0 Å². The molecule has 0 atom stereocenters. The number of benzene rings is 2. The standard InChI is InChI=1S/C28H32N4O4S/c1-17(2)26-31-32-24(29)21(25(33)30-27(32)37-26)15-18-7-12-22(23(16-18)34-6)36-14-13-35-20-10-8-19(9-11-20)28(3,4)5/h7-12,15-17,29H,13-14H2,1-6H3/b21-15-,29-24?. The zero-order chi connectivity index (χ0) is 26.7. The van der Waals surface area contributed by atoms with Gasteiger partial charge in [0.2, 0.25) is 5.17 Å². The minimum Gasteiger partial charge on any atom is -0.493 e. The van der Waals surface area contributed by atoms with Crippen LogP contribution in [0.1, 0.15) is 45.7 Å². The van der Waals surface area contributed by atoms with Crippen molar-refractivity contribution in [3.63, 3.8) is 0 Å². The second-order valence-corrected chi connectivity index (χ2v) is 11.0. The molecule has 194 valence electrons. The van der Waals surface area contributed by atoms with E-state index in [0.29, 0.717) is 35.4 Å². The monoisotopic (exact) mass is 520 g/mol. The van der Waals surface area contributed by atoms with Gasteiger partial charge in [-0.2, -0.15) is 15.1 Å². The van der Waals surface area contributed by atoms with Crippen LogP contribution in [0.5, 0.6) is 17.2 Å². The number of thioether (sulfide) groups is 1. The number of nitrogens with zero attached hydrogens (tertiary/aromatic N) is 3. The zero-order valence-electron chi connectivity index (χ0n) is 22.0. The molecule has 0 saturated carbocycles. The van der Waals surface area contributed by atoms with Crippen molar-refractivity contribution in [2.45, 2.75) is 40.0 Å². The third kappa shape index (κ3) is 6.05. The molecule has 0 aromatic heterocycles. The van der Waals surface area contributed by atoms with Crippen molar-refractivity contribution in [1.82, 2.24) is 5.01 Å². The number of carbonyl (C=O) groups excluding carboxylic acids is 1. The Morgan fingerprint density at radius 1 is 1.05 bits per heavy atom. The number of rotatable bonds is 8. The van der Waals surface area contributed by atoms with E-state index in [1.165, 1.54) is 22.3 Å². The van der Waals surface area contributed by atoms with E-state index in [-0.39, 0.29) is 22.7 Å². The Balaban J connectivity index is 1.40. The summed E-state index contributed by atoms with van der Waals surface area (Å²) in [6, 6.07) is 13.4. The van der Waals surface area contributed by atoms with E-state index in [9.17, 15) is 4.79 Å². The van der Waals surface area contributed by atoms with Crippen LogP contribution >= 0.6 is 11.8 Å². The summed E-state index contributed by atoms with van der Waals surface area (Å²) < 4.78 is 17.2. The Morgan fingerprint density at radius 2 is 1.76 bits per heavy atom. The molecule has 1 N–H and O–H groups in total. The van der Waals surface area contributed by atoms with Crippen molar-refractivity contribution in [1.29, 1.82) is 5.41 Å². The van der Waals surface area contributed by atoms with Gasteiger partial charge in [0, 0.05) is 5.92 Å². The van der Waals surface area contributed by atoms with Crippen LogP contribution in [-0.4, -0.2) is 47.3 Å². The van der Waals surface area contributed by atoms with E-state index >= 15 is 0 Å². The largest absolute Gasteiger partial charge is 0.493 e. The van der Waals surface area contributed by atoms with Crippen LogP contribution in [-0.2, 0) is 10.2 Å². The van der Waals surface area contributed by atoms with Gasteiger partial charge in [0.25, 0.3) is 5.91 Å². The Hall–Kier alpha value is -3.59. The first kappa shape index (κ1) is 26.5. The normalized spacial score (nSPS) is 16.6. The minimum absolute atomic E-state index is 0.00475. The smallest absolute Gasteiger partial charge is 0.283 e. The highest BCUT2D eigenvalue weighted by Crippen LogP contribution is 2.33. The molecule has 1 amide bonds. The summed E-state index contributed by atoms with van der Waals surface area (Å²) in [6.07, 6.45) is 1.62. The average Bonchev–Trinajstić information content (AvgIpc) is 3.29. The fourth-order valence-electron chi connectivity index (χ4n) is 3.66. The van der Waals surface area contributed by atoms with Gasteiger partial charge in [0.05, 0.1) is 12.7 Å². The van der Waals surface area contributed by atoms with Gasteiger partial charge in [-0.05, 0) is 58.6 Å². The van der Waals surface area contributed by atoms with Gasteiger partial charge in [-0.25, -0.2) is 0 Å². The molecule has 2 aliphatic rings. The Bertz CT molecular complexity index is 1290. The molecule has 0 fully saturated rings. The molecule has 9 heteroatoms. The summed E-state index contributed by atoms with van der Waals surface area (Å²) in [7, 11) is 1.56. The highest BCUT2D eigenvalue weighted by atomic mass is 32.2. The molecule has 2 aromatic carbocycles. The predicted octanol–water partition coefficient (Wildman–Crippen LogP) is 5.73. The Morgan fingerprint density at radius 3 is 2.41 bits per heavy atom. The maximum atomic E-state index is 12.7. The van der Waals surface area contributed by atoms with Gasteiger partial charge in [-0.3, -0.25) is 10.2 Å². The predicted molar refractivity (Wildman–Crippen MR) is 149 cm³/mol. The quantitative estimate of drug-likeness (QED) is 0.353. The molecule has 4 rings (SSSR count). The van der Waals surface area contributed by atoms with Gasteiger partial charge in [0.1, 0.15) is 24.0 Å². The molecule has 2 aromatic rings. The number of amides is 1. The van der Waals surface area contributed by atoms with E-state index in [2.05, 4.69) is 43.0 Å². The van der Waals surface area contributed by atoms with Gasteiger partial charge >= 0.3 is 0 Å². The fraction of sp³-hybridized carbons (Fsp3) is 0.357. The van der Waals surface area contributed by atoms with Crippen molar-refractivity contribution < 1.29 is 19.0 Å². The first-order valence-electron chi connectivity index (χ1n) is 12.1. The highest BCUT2D eigenvalue weighted by molar-refractivity contribution is 8.27. The summed E-state index contributed by atoms with van der Waals surface area (Å²) in [5.74, 6) is 1.59. The third-order valence-corrected chi connectivity index (χ3v) is 7.00. The van der Waals surface area contributed by atoms with E-state index in [0.717, 1.165) is 10.8 Å². The van der Waals surface area contributed by atoms with E-state index in [1.807, 2.05) is 26.0 Å². The highest BCUT2D eigenvalue weighted by Gasteiger charge is 2.36. The fourth-order valence-corrected chi connectivity index (χ4v) is 4.55. The molecule has 37 heavy (non-hydrogen) atoms. The molecule has 2 heterocycles. The van der Waals surface area contributed by atoms with Crippen molar-refractivity contribution in [3.05, 3.63) is 59.2 Å². The molecule has 0 saturated heterocycles. The lowest BCUT2D eigenvalue weighted by molar-refractivity contribution is -0.114. The van der Waals surface area contributed by atoms with E-state index in [1.54, 1.807) is 31.4 Å². The number of nitrogens with one attached hydrogen (secondary N) is 1. The van der Waals surface area contributed by atoms with Crippen molar-refractivity contribution >= 4 is 39.8 Å². The number of hydrogen-bond donors (Lipinski definition) is 1. The van der Waals surface area contributed by atoms with Gasteiger partial charge in [-0.15, -0.1) is 0 Å². The lowest BCUT2D eigenvalue weighted by Crippen LogP contribution is -2.35. The lowest BCUT2D eigenvalue weighted by Gasteiger charge is -2.20. The average molecular weight is 521 g/mol. The molecular weight excluding hydrogens is 488 g/mol. The van der Waals surface area contributed by atoms with Crippen LogP contribution in [0, 0.1) is 11.3 Å². The topological polar surface area (TPSA) is 96.6 Å². The van der Waals surface area contributed by atoms with Crippen molar-refractivity contribution in [3.8, 4) is 17.2 Å². The summed E-state index contributed by atoms with van der Waals surface area (Å²) in [6.45, 7) is 11.3. The van der Waals surface area contributed by atoms with Crippen LogP contribution < -0.4 is 14.2 Å². The number of hydrogen-bond acceptors (Lipinski definition) is 7. The third-order valence-electron chi connectivity index (χ3n) is 5.79. The number of hydrazone groups is 1. The van der Waals surface area contributed by atoms with Crippen LogP contribution in [0.15, 0.2) is 58.1 Å².